The fraction of sp³-hybridized carbons (Fsp3) is 0.750. The molecule has 0 unspecified atom stereocenters. The summed E-state index contributed by atoms with van der Waals surface area (Å²) < 4.78 is 0. The summed E-state index contributed by atoms with van der Waals surface area (Å²) in [5.74, 6) is -0.827. The van der Waals surface area contributed by atoms with Crippen molar-refractivity contribution in [2.24, 2.45) is 29.1 Å². The van der Waals surface area contributed by atoms with Crippen LogP contribution in [0, 0.1) is 29.1 Å². The second kappa shape index (κ2) is 8.56. The number of nitrogens with one attached hydrogen (secondary N) is 1. The summed E-state index contributed by atoms with van der Waals surface area (Å²) in [6.45, 7) is 10.3. The van der Waals surface area contributed by atoms with Crippen LogP contribution in [0.2, 0.25) is 0 Å². The highest BCUT2D eigenvalue weighted by Gasteiger charge is 2.65. The topological polar surface area (TPSA) is 107 Å². The van der Waals surface area contributed by atoms with Gasteiger partial charge in [0.15, 0.2) is 5.78 Å². The standard InChI is InChI=1S/C24H37NO5/c1-12(2)8-17-21-15(5)14(4)10-16-9-13(3)6-7-18(26)22(29)19(27)11-20(28)24(16,21)23(30)25-17/h9-10,12,15-19,21-22,26-27,29H,6-8,11H2,1-5H3,(H,25,30)/b13-9-/t15-,16+,17-,18+,19-,21-,22+,24-/m1/s1. The van der Waals surface area contributed by atoms with Gasteiger partial charge in [0.05, 0.1) is 12.2 Å². The molecule has 1 saturated heterocycles. The Morgan fingerprint density at radius 1 is 1.13 bits per heavy atom. The van der Waals surface area contributed by atoms with Crippen LogP contribution in [0.4, 0.5) is 0 Å². The first kappa shape index (κ1) is 23.2. The van der Waals surface area contributed by atoms with Crippen LogP contribution in [-0.2, 0) is 9.59 Å². The number of carbonyl (C=O) groups excluding carboxylic acids is 2. The molecule has 8 atom stereocenters. The Kier molecular flexibility index (Phi) is 6.61. The van der Waals surface area contributed by atoms with E-state index in [0.717, 1.165) is 12.0 Å². The largest absolute Gasteiger partial charge is 0.390 e. The number of aliphatic hydroxyl groups is 3. The molecule has 0 aromatic rings. The first-order valence-electron chi connectivity index (χ1n) is 11.2. The van der Waals surface area contributed by atoms with E-state index in [1.54, 1.807) is 0 Å². The molecule has 1 spiro atoms. The van der Waals surface area contributed by atoms with Crippen molar-refractivity contribution >= 4 is 11.7 Å². The van der Waals surface area contributed by atoms with E-state index in [9.17, 15) is 24.9 Å². The molecule has 1 fully saturated rings. The molecule has 6 heteroatoms. The second-order valence-electron chi connectivity index (χ2n) is 10.1. The van der Waals surface area contributed by atoms with E-state index in [0.29, 0.717) is 18.8 Å². The van der Waals surface area contributed by atoms with Crippen molar-refractivity contribution in [2.45, 2.75) is 84.7 Å². The first-order chi connectivity index (χ1) is 14.0. The fourth-order valence-electron chi connectivity index (χ4n) is 5.88. The number of ketones is 1. The smallest absolute Gasteiger partial charge is 0.235 e. The molecule has 0 aromatic heterocycles. The average molecular weight is 420 g/mol. The Morgan fingerprint density at radius 3 is 2.43 bits per heavy atom. The summed E-state index contributed by atoms with van der Waals surface area (Å²) >= 11 is 0. The highest BCUT2D eigenvalue weighted by molar-refractivity contribution is 6.09. The molecule has 4 N–H and O–H groups in total. The van der Waals surface area contributed by atoms with Gasteiger partial charge in [-0.2, -0.15) is 0 Å². The first-order valence-corrected chi connectivity index (χ1v) is 11.2. The average Bonchev–Trinajstić information content (AvgIpc) is 2.94. The van der Waals surface area contributed by atoms with Gasteiger partial charge < -0.3 is 20.6 Å². The summed E-state index contributed by atoms with van der Waals surface area (Å²) in [4.78, 5) is 27.3. The van der Waals surface area contributed by atoms with Crippen molar-refractivity contribution in [3.05, 3.63) is 23.3 Å². The zero-order chi connectivity index (χ0) is 22.4. The summed E-state index contributed by atoms with van der Waals surface area (Å²) in [7, 11) is 0. The predicted octanol–water partition coefficient (Wildman–Crippen LogP) is 2.13. The minimum Gasteiger partial charge on any atom is -0.390 e. The second-order valence-corrected chi connectivity index (χ2v) is 10.1. The lowest BCUT2D eigenvalue weighted by atomic mass is 9.54. The van der Waals surface area contributed by atoms with Gasteiger partial charge in [-0.3, -0.25) is 9.59 Å². The van der Waals surface area contributed by atoms with E-state index in [2.05, 4.69) is 33.0 Å². The van der Waals surface area contributed by atoms with Gasteiger partial charge >= 0.3 is 0 Å². The van der Waals surface area contributed by atoms with Crippen LogP contribution in [-0.4, -0.2) is 51.4 Å². The lowest BCUT2D eigenvalue weighted by Crippen LogP contribution is -2.53. The molecule has 0 saturated carbocycles. The third kappa shape index (κ3) is 3.78. The zero-order valence-electron chi connectivity index (χ0n) is 18.8. The number of carbonyl (C=O) groups is 2. The molecule has 0 bridgehead atoms. The summed E-state index contributed by atoms with van der Waals surface area (Å²) in [5.41, 5.74) is 0.834. The van der Waals surface area contributed by atoms with E-state index in [-0.39, 0.29) is 36.0 Å². The summed E-state index contributed by atoms with van der Waals surface area (Å²) in [6, 6.07) is -0.117. The molecule has 0 radical (unpaired) electrons. The molecule has 30 heavy (non-hydrogen) atoms. The Morgan fingerprint density at radius 2 is 1.80 bits per heavy atom. The number of allylic oxidation sites excluding steroid dienone is 4. The van der Waals surface area contributed by atoms with Crippen LogP contribution in [0.25, 0.3) is 0 Å². The van der Waals surface area contributed by atoms with Gasteiger partial charge in [0.2, 0.25) is 5.91 Å². The monoisotopic (exact) mass is 419 g/mol. The Hall–Kier alpha value is -1.50. The van der Waals surface area contributed by atoms with Crippen molar-refractivity contribution < 1.29 is 24.9 Å². The molecular weight excluding hydrogens is 382 g/mol. The number of Topliss-reactive ketones (excluding diaryl/α,β-unsaturated/α-hetero) is 1. The quantitative estimate of drug-likeness (QED) is 0.405. The minimum absolute atomic E-state index is 0.0411. The van der Waals surface area contributed by atoms with Gasteiger partial charge in [0.1, 0.15) is 11.5 Å². The molecule has 168 valence electrons. The van der Waals surface area contributed by atoms with E-state index in [1.165, 1.54) is 5.57 Å². The lowest BCUT2D eigenvalue weighted by Gasteiger charge is -2.45. The maximum Gasteiger partial charge on any atom is 0.235 e. The van der Waals surface area contributed by atoms with Crippen molar-refractivity contribution in [3.8, 4) is 0 Å². The molecule has 1 amide bonds. The SMILES string of the molecule is CC1=C[C@@H]2/C=C(/C)CC[C@H](O)[C@H](O)[C@H](O)CC(=O)[C@]23C(=O)N[C@H](CC(C)C)[C@H]3[C@@H]1C. The normalized spacial score (nSPS) is 44.4. The molecular formula is C24H37NO5. The van der Waals surface area contributed by atoms with Crippen LogP contribution in [0.1, 0.15) is 60.3 Å². The Balaban J connectivity index is 2.18. The van der Waals surface area contributed by atoms with Crippen LogP contribution >= 0.6 is 0 Å². The van der Waals surface area contributed by atoms with Crippen LogP contribution in [0.5, 0.6) is 0 Å². The number of hydrogen-bond donors (Lipinski definition) is 4. The summed E-state index contributed by atoms with van der Waals surface area (Å²) in [5, 5.41) is 34.3. The van der Waals surface area contributed by atoms with Crippen LogP contribution < -0.4 is 5.32 Å². The van der Waals surface area contributed by atoms with Crippen molar-refractivity contribution in [1.29, 1.82) is 0 Å². The van der Waals surface area contributed by atoms with Gasteiger partial charge in [-0.1, -0.05) is 44.1 Å². The predicted molar refractivity (Wildman–Crippen MR) is 114 cm³/mol. The Labute approximate surface area is 179 Å². The lowest BCUT2D eigenvalue weighted by molar-refractivity contribution is -0.148. The molecule has 6 nitrogen and oxygen atoms in total. The third-order valence-electron chi connectivity index (χ3n) is 7.54. The third-order valence-corrected chi connectivity index (χ3v) is 7.54. The highest BCUT2D eigenvalue weighted by atomic mass is 16.4. The number of amides is 1. The number of rotatable bonds is 2. The maximum atomic E-state index is 13.8. The Bertz CT molecular complexity index is 757. The van der Waals surface area contributed by atoms with Gasteiger partial charge in [-0.05, 0) is 44.9 Å². The van der Waals surface area contributed by atoms with E-state index in [1.807, 2.05) is 19.1 Å². The van der Waals surface area contributed by atoms with Crippen molar-refractivity contribution in [3.63, 3.8) is 0 Å². The van der Waals surface area contributed by atoms with E-state index >= 15 is 0 Å². The number of hydrogen-bond acceptors (Lipinski definition) is 5. The van der Waals surface area contributed by atoms with Gasteiger partial charge in [0.25, 0.3) is 0 Å². The fourth-order valence-corrected chi connectivity index (χ4v) is 5.88. The van der Waals surface area contributed by atoms with Gasteiger partial charge in [-0.15, -0.1) is 0 Å². The molecule has 2 aliphatic carbocycles. The number of aliphatic hydroxyl groups excluding tert-OH is 3. The van der Waals surface area contributed by atoms with Crippen LogP contribution in [0.3, 0.4) is 0 Å². The van der Waals surface area contributed by atoms with E-state index in [4.69, 9.17) is 0 Å². The van der Waals surface area contributed by atoms with E-state index < -0.39 is 29.6 Å². The molecule has 3 rings (SSSR count). The maximum absolute atomic E-state index is 13.8. The molecule has 1 heterocycles. The van der Waals surface area contributed by atoms with Gasteiger partial charge in [-0.25, -0.2) is 0 Å². The zero-order valence-corrected chi connectivity index (χ0v) is 18.8. The van der Waals surface area contributed by atoms with Crippen molar-refractivity contribution in [2.75, 3.05) is 0 Å². The molecule has 0 aromatic carbocycles. The summed E-state index contributed by atoms with van der Waals surface area (Å²) in [6.07, 6.45) is 1.35. The van der Waals surface area contributed by atoms with Crippen molar-refractivity contribution in [1.82, 2.24) is 5.32 Å². The highest BCUT2D eigenvalue weighted by Crippen LogP contribution is 2.55. The molecule has 3 aliphatic rings. The molecule has 1 aliphatic heterocycles. The minimum atomic E-state index is -1.41. The van der Waals surface area contributed by atoms with Crippen LogP contribution in [0.15, 0.2) is 23.3 Å². The van der Waals surface area contributed by atoms with Gasteiger partial charge in [0, 0.05) is 24.3 Å².